The van der Waals surface area contributed by atoms with Gasteiger partial charge in [0, 0.05) is 17.6 Å². The lowest BCUT2D eigenvalue weighted by Crippen LogP contribution is -2.12. The number of allylic oxidation sites excluding steroid dienone is 4. The molecule has 0 radical (unpaired) electrons. The zero-order valence-electron chi connectivity index (χ0n) is 15.1. The Balaban J connectivity index is 2.21. The second-order valence-electron chi connectivity index (χ2n) is 6.35. The fourth-order valence-electron chi connectivity index (χ4n) is 2.44. The van der Waals surface area contributed by atoms with Crippen molar-refractivity contribution in [3.63, 3.8) is 0 Å². The highest BCUT2D eigenvalue weighted by Gasteiger charge is 2.21. The van der Waals surface area contributed by atoms with Gasteiger partial charge in [0.05, 0.1) is 0 Å². The van der Waals surface area contributed by atoms with Crippen molar-refractivity contribution in [3.8, 4) is 5.75 Å². The van der Waals surface area contributed by atoms with Crippen molar-refractivity contribution in [1.29, 1.82) is 0 Å². The summed E-state index contributed by atoms with van der Waals surface area (Å²) in [7, 11) is 0. The third-order valence-electron chi connectivity index (χ3n) is 3.88. The molecule has 0 amide bonds. The quantitative estimate of drug-likeness (QED) is 0.435. The zero-order valence-corrected chi connectivity index (χ0v) is 15.1. The molecule has 1 aromatic rings. The van der Waals surface area contributed by atoms with Crippen molar-refractivity contribution in [2.75, 3.05) is 0 Å². The van der Waals surface area contributed by atoms with E-state index < -0.39 is 17.8 Å². The minimum absolute atomic E-state index is 0.0242. The van der Waals surface area contributed by atoms with Crippen molar-refractivity contribution in [2.24, 2.45) is 5.92 Å². The number of carbonyl (C=O) groups excluding carboxylic acids is 2. The number of carbonyl (C=O) groups is 2. The normalized spacial score (nSPS) is 16.2. The van der Waals surface area contributed by atoms with Gasteiger partial charge in [0.15, 0.2) is 11.6 Å². The average molecular weight is 356 g/mol. The number of benzene rings is 1. The van der Waals surface area contributed by atoms with Gasteiger partial charge in [-0.15, -0.1) is 0 Å². The van der Waals surface area contributed by atoms with Crippen LogP contribution in [0.25, 0.3) is 5.57 Å². The lowest BCUT2D eigenvalue weighted by atomic mass is 9.87. The van der Waals surface area contributed by atoms with Crippen LogP contribution >= 0.6 is 0 Å². The molecule has 0 saturated heterocycles. The maximum Gasteiger partial charge on any atom is 0.338 e. The summed E-state index contributed by atoms with van der Waals surface area (Å²) in [5.41, 5.74) is 2.10. The molecule has 0 N–H and O–H groups in total. The third kappa shape index (κ3) is 4.57. The molecule has 2 rings (SSSR count). The van der Waals surface area contributed by atoms with Gasteiger partial charge in [-0.05, 0) is 49.1 Å². The number of hydrogen-bond donors (Lipinski definition) is 0. The van der Waals surface area contributed by atoms with Crippen LogP contribution in [0.2, 0.25) is 0 Å². The van der Waals surface area contributed by atoms with E-state index >= 15 is 0 Å². The summed E-state index contributed by atoms with van der Waals surface area (Å²) in [6.45, 7) is 12.1. The molecule has 0 spiro atoms. The van der Waals surface area contributed by atoms with Crippen LogP contribution in [0.1, 0.15) is 32.8 Å². The highest BCUT2D eigenvalue weighted by Crippen LogP contribution is 2.34. The molecule has 5 heteroatoms. The van der Waals surface area contributed by atoms with Gasteiger partial charge >= 0.3 is 11.9 Å². The Morgan fingerprint density at radius 3 is 2.23 bits per heavy atom. The number of halogens is 1. The Hall–Kier alpha value is -2.95. The maximum absolute atomic E-state index is 14.3. The van der Waals surface area contributed by atoms with Gasteiger partial charge in [-0.3, -0.25) is 0 Å². The smallest absolute Gasteiger partial charge is 0.338 e. The lowest BCUT2D eigenvalue weighted by molar-refractivity contribution is -0.135. The first-order valence-corrected chi connectivity index (χ1v) is 8.15. The summed E-state index contributed by atoms with van der Waals surface area (Å²) in [6, 6.07) is 4.42. The molecule has 0 fully saturated rings. The van der Waals surface area contributed by atoms with Gasteiger partial charge < -0.3 is 9.47 Å². The topological polar surface area (TPSA) is 52.6 Å². The van der Waals surface area contributed by atoms with Gasteiger partial charge in [-0.25, -0.2) is 14.0 Å². The second kappa shape index (κ2) is 7.95. The number of rotatable bonds is 5. The Labute approximate surface area is 152 Å². The van der Waals surface area contributed by atoms with Crippen molar-refractivity contribution in [2.45, 2.75) is 27.2 Å². The van der Waals surface area contributed by atoms with E-state index in [1.807, 2.05) is 6.92 Å². The van der Waals surface area contributed by atoms with Crippen LogP contribution in [0.15, 0.2) is 60.4 Å². The van der Waals surface area contributed by atoms with E-state index in [0.29, 0.717) is 23.3 Å². The highest BCUT2D eigenvalue weighted by molar-refractivity contribution is 5.89. The second-order valence-corrected chi connectivity index (χ2v) is 6.35. The lowest BCUT2D eigenvalue weighted by Gasteiger charge is -2.22. The van der Waals surface area contributed by atoms with E-state index in [9.17, 15) is 14.0 Å². The third-order valence-corrected chi connectivity index (χ3v) is 3.88. The Morgan fingerprint density at radius 2 is 1.69 bits per heavy atom. The molecule has 1 aromatic carbocycles. The van der Waals surface area contributed by atoms with Crippen LogP contribution in [-0.2, 0) is 14.3 Å². The van der Waals surface area contributed by atoms with Gasteiger partial charge in [0.1, 0.15) is 5.76 Å². The fraction of sp³-hybridized carbons (Fsp3) is 0.238. The van der Waals surface area contributed by atoms with E-state index in [1.54, 1.807) is 25.1 Å². The Bertz CT molecular complexity index is 846. The molecule has 26 heavy (non-hydrogen) atoms. The summed E-state index contributed by atoms with van der Waals surface area (Å²) >= 11 is 0. The summed E-state index contributed by atoms with van der Waals surface area (Å²) < 4.78 is 24.5. The standard InChI is InChI=1S/C21H21FO4/c1-12(2)20(23)25-16-7-8-17(14(5)10-16)15-6-9-19(18(22)11-15)26-21(24)13(3)4/h6-9,11,14H,1,3,10H2,2,4-5H3/t14-/m1/s1. The van der Waals surface area contributed by atoms with Gasteiger partial charge in [0.25, 0.3) is 0 Å². The van der Waals surface area contributed by atoms with Crippen molar-refractivity contribution < 1.29 is 23.5 Å². The van der Waals surface area contributed by atoms with Crippen LogP contribution in [0.3, 0.4) is 0 Å². The molecule has 1 aliphatic rings. The van der Waals surface area contributed by atoms with Gasteiger partial charge in [-0.2, -0.15) is 0 Å². The van der Waals surface area contributed by atoms with Gasteiger partial charge in [-0.1, -0.05) is 32.2 Å². The largest absolute Gasteiger partial charge is 0.428 e. The molecule has 136 valence electrons. The monoisotopic (exact) mass is 356 g/mol. The number of ether oxygens (including phenoxy) is 2. The highest BCUT2D eigenvalue weighted by atomic mass is 19.1. The fourth-order valence-corrected chi connectivity index (χ4v) is 2.44. The maximum atomic E-state index is 14.3. The summed E-state index contributed by atoms with van der Waals surface area (Å²) in [5.74, 6) is -1.34. The van der Waals surface area contributed by atoms with Crippen LogP contribution in [0.5, 0.6) is 5.75 Å². The predicted octanol–water partition coefficient (Wildman–Crippen LogP) is 4.73. The molecule has 0 aromatic heterocycles. The number of hydrogen-bond acceptors (Lipinski definition) is 4. The molecule has 0 saturated carbocycles. The molecular formula is C21H21FO4. The minimum Gasteiger partial charge on any atom is -0.428 e. The first kappa shape index (κ1) is 19.4. The molecule has 0 heterocycles. The van der Waals surface area contributed by atoms with E-state index in [0.717, 1.165) is 5.57 Å². The van der Waals surface area contributed by atoms with E-state index in [2.05, 4.69) is 13.2 Å². The van der Waals surface area contributed by atoms with Crippen LogP contribution in [0, 0.1) is 11.7 Å². The first-order valence-electron chi connectivity index (χ1n) is 8.15. The average Bonchev–Trinajstić information content (AvgIpc) is 2.56. The van der Waals surface area contributed by atoms with E-state index in [-0.39, 0.29) is 17.2 Å². The molecule has 0 aliphatic heterocycles. The molecule has 0 unspecified atom stereocenters. The molecule has 0 bridgehead atoms. The number of esters is 2. The molecule has 4 nitrogen and oxygen atoms in total. The first-order chi connectivity index (χ1) is 12.2. The summed E-state index contributed by atoms with van der Waals surface area (Å²) in [6.07, 6.45) is 4.01. The van der Waals surface area contributed by atoms with Crippen LogP contribution in [-0.4, -0.2) is 11.9 Å². The summed E-state index contributed by atoms with van der Waals surface area (Å²) in [4.78, 5) is 23.1. The molecular weight excluding hydrogens is 335 g/mol. The molecule has 1 atom stereocenters. The molecule has 1 aliphatic carbocycles. The van der Waals surface area contributed by atoms with Crippen LogP contribution in [0.4, 0.5) is 4.39 Å². The van der Waals surface area contributed by atoms with Crippen LogP contribution < -0.4 is 4.74 Å². The summed E-state index contributed by atoms with van der Waals surface area (Å²) in [5, 5.41) is 0. The predicted molar refractivity (Wildman–Crippen MR) is 97.6 cm³/mol. The van der Waals surface area contributed by atoms with Crippen molar-refractivity contribution in [3.05, 3.63) is 71.8 Å². The minimum atomic E-state index is -0.672. The Kier molecular flexibility index (Phi) is 5.93. The van der Waals surface area contributed by atoms with E-state index in [1.165, 1.54) is 19.1 Å². The Morgan fingerprint density at radius 1 is 1.08 bits per heavy atom. The SMILES string of the molecule is C=C(C)C(=O)OC1=CC=C(c2ccc(OC(=O)C(=C)C)c(F)c2)[C@H](C)C1. The van der Waals surface area contributed by atoms with Crippen molar-refractivity contribution >= 4 is 17.5 Å². The van der Waals surface area contributed by atoms with Crippen molar-refractivity contribution in [1.82, 2.24) is 0 Å². The van der Waals surface area contributed by atoms with E-state index in [4.69, 9.17) is 9.47 Å². The van der Waals surface area contributed by atoms with Gasteiger partial charge in [0.2, 0.25) is 0 Å². The zero-order chi connectivity index (χ0) is 19.4.